The van der Waals surface area contributed by atoms with Gasteiger partial charge in [-0.2, -0.15) is 4.40 Å². The summed E-state index contributed by atoms with van der Waals surface area (Å²) in [6.07, 6.45) is 6.66. The highest BCUT2D eigenvalue weighted by molar-refractivity contribution is 8.21. The second-order valence-corrected chi connectivity index (χ2v) is 5.02. The van der Waals surface area contributed by atoms with Crippen molar-refractivity contribution in [2.75, 3.05) is 5.75 Å². The first kappa shape index (κ1) is 9.85. The van der Waals surface area contributed by atoms with Crippen molar-refractivity contribution < 1.29 is 0 Å². The number of hydrogen-bond donors (Lipinski definition) is 2. The molecule has 0 saturated heterocycles. The molecule has 3 heteroatoms. The molecular weight excluding hydrogens is 186 g/mol. The molecule has 1 heterocycles. The van der Waals surface area contributed by atoms with Crippen LogP contribution in [0.5, 0.6) is 0 Å². The first-order valence-electron chi connectivity index (χ1n) is 4.19. The Morgan fingerprint density at radius 1 is 1.42 bits per heavy atom. The van der Waals surface area contributed by atoms with E-state index >= 15 is 0 Å². The predicted octanol–water partition coefficient (Wildman–Crippen LogP) is 3.11. The number of isothiocyanates is 1. The molecule has 0 aliphatic carbocycles. The smallest absolute Gasteiger partial charge is 0.0213 e. The minimum atomic E-state index is -0.320. The average Bonchev–Trinajstić information content (AvgIpc) is 2.57. The molecule has 1 nitrogen and oxygen atoms in total. The molecular formula is C9H15NS2. The molecule has 0 aromatic rings. The Morgan fingerprint density at radius 3 is 2.83 bits per heavy atom. The average molecular weight is 201 g/mol. The molecule has 0 unspecified atom stereocenters. The normalized spacial score (nSPS) is 16.6. The lowest BCUT2D eigenvalue weighted by Crippen LogP contribution is -1.69. The molecule has 0 bridgehead atoms. The summed E-state index contributed by atoms with van der Waals surface area (Å²) in [5.41, 5.74) is 0. The Labute approximate surface area is 80.7 Å². The van der Waals surface area contributed by atoms with Crippen LogP contribution in [0.1, 0.15) is 19.8 Å². The Hall–Kier alpha value is -0.240. The number of hydrogen-bond acceptors (Lipinski definition) is 1. The maximum Gasteiger partial charge on any atom is 0.0213 e. The van der Waals surface area contributed by atoms with Crippen LogP contribution in [-0.4, -0.2) is 10.9 Å². The van der Waals surface area contributed by atoms with E-state index < -0.39 is 0 Å². The summed E-state index contributed by atoms with van der Waals surface area (Å²) in [6, 6.07) is 0. The highest BCUT2D eigenvalue weighted by Gasteiger charge is 1.90. The molecule has 1 aliphatic heterocycles. The third-order valence-corrected chi connectivity index (χ3v) is 3.67. The summed E-state index contributed by atoms with van der Waals surface area (Å²) < 4.78 is 4.32. The minimum absolute atomic E-state index is 0.320. The van der Waals surface area contributed by atoms with Gasteiger partial charge in [0.2, 0.25) is 0 Å². The Kier molecular flexibility index (Phi) is 5.16. The van der Waals surface area contributed by atoms with Gasteiger partial charge in [0.15, 0.2) is 0 Å². The molecule has 0 amide bonds. The van der Waals surface area contributed by atoms with Gasteiger partial charge in [-0.3, -0.25) is 0 Å². The molecule has 0 N–H and O–H groups in total. The van der Waals surface area contributed by atoms with Gasteiger partial charge in [0.25, 0.3) is 0 Å². The van der Waals surface area contributed by atoms with Crippen LogP contribution in [0.15, 0.2) is 27.4 Å². The van der Waals surface area contributed by atoms with Gasteiger partial charge in [-0.05, 0) is 23.0 Å². The predicted molar refractivity (Wildman–Crippen MR) is 63.5 cm³/mol. The fourth-order valence-corrected chi connectivity index (χ4v) is 2.79. The largest absolute Gasteiger partial charge is 0.183 e. The second kappa shape index (κ2) is 6.30. The van der Waals surface area contributed by atoms with E-state index in [9.17, 15) is 0 Å². The third-order valence-electron chi connectivity index (χ3n) is 1.44. The number of rotatable bonds is 4. The van der Waals surface area contributed by atoms with E-state index in [2.05, 4.69) is 39.5 Å². The fourth-order valence-electron chi connectivity index (χ4n) is 0.763. The monoisotopic (exact) mass is 201 g/mol. The summed E-state index contributed by atoms with van der Waals surface area (Å²) in [6.45, 7) is 2.21. The Bertz CT molecular complexity index is 225. The summed E-state index contributed by atoms with van der Waals surface area (Å²) >= 11 is 0.927. The van der Waals surface area contributed by atoms with Crippen LogP contribution in [-0.2, 0) is 0 Å². The van der Waals surface area contributed by atoms with E-state index in [1.54, 1.807) is 0 Å². The Morgan fingerprint density at radius 2 is 2.17 bits per heavy atom. The summed E-state index contributed by atoms with van der Waals surface area (Å²) in [7, 11) is 0. The molecule has 0 aromatic carbocycles. The minimum Gasteiger partial charge on any atom is -0.183 e. The zero-order chi connectivity index (χ0) is 8.65. The van der Waals surface area contributed by atoms with Gasteiger partial charge >= 0.3 is 0 Å². The first-order chi connectivity index (χ1) is 5.93. The molecule has 12 heavy (non-hydrogen) atoms. The SMILES string of the molecule is CCCC[SH]=C=N[SH]1C=CC=C1. The van der Waals surface area contributed by atoms with Gasteiger partial charge in [-0.25, -0.2) is 0 Å². The summed E-state index contributed by atoms with van der Waals surface area (Å²) in [4.78, 5) is 0. The van der Waals surface area contributed by atoms with Crippen LogP contribution in [0.3, 0.4) is 0 Å². The van der Waals surface area contributed by atoms with Crippen molar-refractivity contribution in [3.05, 3.63) is 23.0 Å². The molecule has 1 aliphatic rings. The van der Waals surface area contributed by atoms with E-state index in [1.165, 1.54) is 29.9 Å². The van der Waals surface area contributed by atoms with E-state index in [1.807, 2.05) is 0 Å². The van der Waals surface area contributed by atoms with Crippen LogP contribution in [0, 0.1) is 0 Å². The zero-order valence-corrected chi connectivity index (χ0v) is 9.06. The van der Waals surface area contributed by atoms with Crippen molar-refractivity contribution in [2.24, 2.45) is 4.40 Å². The van der Waals surface area contributed by atoms with Crippen molar-refractivity contribution >= 4 is 27.6 Å². The van der Waals surface area contributed by atoms with Gasteiger partial charge in [0.05, 0.1) is 0 Å². The lowest BCUT2D eigenvalue weighted by atomic mass is 10.4. The van der Waals surface area contributed by atoms with Gasteiger partial charge in [-0.1, -0.05) is 25.5 Å². The van der Waals surface area contributed by atoms with Gasteiger partial charge in [0.1, 0.15) is 0 Å². The fraction of sp³-hybridized carbons (Fsp3) is 0.444. The van der Waals surface area contributed by atoms with Gasteiger partial charge in [0, 0.05) is 5.16 Å². The van der Waals surface area contributed by atoms with Crippen molar-refractivity contribution in [1.82, 2.24) is 0 Å². The van der Waals surface area contributed by atoms with E-state index in [0.29, 0.717) is 0 Å². The molecule has 0 radical (unpaired) electrons. The highest BCUT2D eigenvalue weighted by atomic mass is 32.2. The number of allylic oxidation sites excluding steroid dienone is 2. The van der Waals surface area contributed by atoms with Crippen LogP contribution >= 0.6 is 22.4 Å². The van der Waals surface area contributed by atoms with E-state index in [0.717, 1.165) is 0 Å². The second-order valence-electron chi connectivity index (χ2n) is 2.50. The highest BCUT2D eigenvalue weighted by Crippen LogP contribution is 2.33. The molecule has 68 valence electrons. The lowest BCUT2D eigenvalue weighted by molar-refractivity contribution is 0.898. The van der Waals surface area contributed by atoms with Crippen molar-refractivity contribution in [2.45, 2.75) is 19.8 Å². The van der Waals surface area contributed by atoms with Crippen LogP contribution < -0.4 is 0 Å². The topological polar surface area (TPSA) is 12.4 Å². The van der Waals surface area contributed by atoms with Crippen LogP contribution in [0.4, 0.5) is 0 Å². The quantitative estimate of drug-likeness (QED) is 0.300. The first-order valence-corrected chi connectivity index (χ1v) is 6.70. The summed E-state index contributed by atoms with van der Waals surface area (Å²) in [5.74, 6) is 1.20. The van der Waals surface area contributed by atoms with Crippen LogP contribution in [0.25, 0.3) is 0 Å². The lowest BCUT2D eigenvalue weighted by Gasteiger charge is -1.95. The van der Waals surface area contributed by atoms with Crippen molar-refractivity contribution in [1.29, 1.82) is 0 Å². The molecule has 0 fully saturated rings. The number of nitrogens with zero attached hydrogens (tertiary/aromatic N) is 1. The molecule has 0 aromatic heterocycles. The number of unbranched alkanes of at least 4 members (excludes halogenated alkanes) is 1. The Balaban J connectivity index is 2.24. The standard InChI is InChI=1S/C9H15NS2/c1-2-3-6-11-9-10-12-7-4-5-8-12/h4-5,7-8,11-12H,2-3,6H2,1H3. The molecule has 0 saturated carbocycles. The van der Waals surface area contributed by atoms with E-state index in [4.69, 9.17) is 0 Å². The maximum absolute atomic E-state index is 4.32. The maximum atomic E-state index is 4.32. The van der Waals surface area contributed by atoms with E-state index in [-0.39, 0.29) is 11.1 Å². The summed E-state index contributed by atoms with van der Waals surface area (Å²) in [5, 5.41) is 7.36. The third kappa shape index (κ3) is 3.96. The molecule has 0 spiro atoms. The van der Waals surface area contributed by atoms with Gasteiger partial charge in [-0.15, -0.1) is 22.4 Å². The van der Waals surface area contributed by atoms with Crippen molar-refractivity contribution in [3.63, 3.8) is 0 Å². The van der Waals surface area contributed by atoms with Crippen molar-refractivity contribution in [3.8, 4) is 0 Å². The molecule has 0 atom stereocenters. The molecule has 1 rings (SSSR count). The number of thiol groups is 2. The van der Waals surface area contributed by atoms with Gasteiger partial charge < -0.3 is 0 Å². The van der Waals surface area contributed by atoms with Crippen LogP contribution in [0.2, 0.25) is 0 Å². The zero-order valence-electron chi connectivity index (χ0n) is 7.27.